The van der Waals surface area contributed by atoms with E-state index in [2.05, 4.69) is 5.18 Å². The van der Waals surface area contributed by atoms with Crippen LogP contribution < -0.4 is 0 Å². The molecule has 0 N–H and O–H groups in total. The molecule has 0 radical (unpaired) electrons. The monoisotopic (exact) mass is 167 g/mol. The number of nitrogens with zero attached hydrogens (tertiary/aromatic N) is 1. The quantitative estimate of drug-likeness (QED) is 0.511. The van der Waals surface area contributed by atoms with Crippen molar-refractivity contribution in [3.05, 3.63) is 34.7 Å². The highest BCUT2D eigenvalue weighted by atomic mass is 32.2. The number of rotatable bonds is 3. The van der Waals surface area contributed by atoms with Crippen molar-refractivity contribution in [3.8, 4) is 0 Å². The second-order valence-electron chi connectivity index (χ2n) is 2.14. The van der Waals surface area contributed by atoms with Gasteiger partial charge in [-0.2, -0.15) is 4.91 Å². The fourth-order valence-corrected chi connectivity index (χ4v) is 1.21. The van der Waals surface area contributed by atoms with Crippen LogP contribution in [0.1, 0.15) is 5.56 Å². The Hall–Kier alpha value is -0.830. The van der Waals surface area contributed by atoms with Crippen molar-refractivity contribution in [1.82, 2.24) is 0 Å². The van der Waals surface area contributed by atoms with E-state index < -0.39 is 0 Å². The predicted octanol–water partition coefficient (Wildman–Crippen LogP) is 2.67. The molecule has 0 amide bonds. The molecule has 0 aliphatic rings. The van der Waals surface area contributed by atoms with Gasteiger partial charge in [-0.25, -0.2) is 0 Å². The Morgan fingerprint density at radius 1 is 1.36 bits per heavy atom. The molecule has 0 bridgehead atoms. The molecule has 0 aliphatic carbocycles. The van der Waals surface area contributed by atoms with E-state index in [9.17, 15) is 4.91 Å². The average molecular weight is 167 g/mol. The molecule has 3 heteroatoms. The Kier molecular flexibility index (Phi) is 3.11. The lowest BCUT2D eigenvalue weighted by molar-refractivity contribution is 1.05. The molecule has 1 rings (SSSR count). The van der Waals surface area contributed by atoms with E-state index in [-0.39, 0.29) is 6.54 Å². The molecule has 11 heavy (non-hydrogen) atoms. The highest BCUT2D eigenvalue weighted by Crippen LogP contribution is 2.14. The van der Waals surface area contributed by atoms with E-state index in [1.54, 1.807) is 11.8 Å². The summed E-state index contributed by atoms with van der Waals surface area (Å²) >= 11 is 1.69. The SMILES string of the molecule is CSc1ccc(CN=O)cc1. The largest absolute Gasteiger partial charge is 0.150 e. The summed E-state index contributed by atoms with van der Waals surface area (Å²) in [5, 5.41) is 2.80. The van der Waals surface area contributed by atoms with E-state index >= 15 is 0 Å². The van der Waals surface area contributed by atoms with Gasteiger partial charge in [-0.05, 0) is 24.0 Å². The fourth-order valence-electron chi connectivity index (χ4n) is 0.805. The van der Waals surface area contributed by atoms with Crippen LogP contribution in [-0.2, 0) is 6.54 Å². The van der Waals surface area contributed by atoms with Crippen LogP contribution in [0, 0.1) is 4.91 Å². The highest BCUT2D eigenvalue weighted by molar-refractivity contribution is 7.98. The summed E-state index contributed by atoms with van der Waals surface area (Å²) in [5.41, 5.74) is 0.970. The van der Waals surface area contributed by atoms with E-state index in [4.69, 9.17) is 0 Å². The standard InChI is InChI=1S/C8H9NOS/c1-11-8-4-2-7(3-5-8)6-9-10/h2-5H,6H2,1H3. The van der Waals surface area contributed by atoms with Crippen LogP contribution in [0.15, 0.2) is 34.3 Å². The maximum Gasteiger partial charge on any atom is 0.106 e. The van der Waals surface area contributed by atoms with Gasteiger partial charge in [-0.3, -0.25) is 0 Å². The summed E-state index contributed by atoms with van der Waals surface area (Å²) in [7, 11) is 0. The second kappa shape index (κ2) is 4.13. The first-order chi connectivity index (χ1) is 5.36. The number of nitroso groups, excluding NO2 is 1. The Morgan fingerprint density at radius 3 is 2.45 bits per heavy atom. The fraction of sp³-hybridized carbons (Fsp3) is 0.250. The van der Waals surface area contributed by atoms with Crippen LogP contribution in [0.3, 0.4) is 0 Å². The minimum atomic E-state index is 0.272. The maximum atomic E-state index is 9.87. The van der Waals surface area contributed by atoms with Gasteiger partial charge in [-0.1, -0.05) is 17.3 Å². The smallest absolute Gasteiger partial charge is 0.106 e. The summed E-state index contributed by atoms with van der Waals surface area (Å²) in [6, 6.07) is 7.83. The Balaban J connectivity index is 2.74. The van der Waals surface area contributed by atoms with E-state index in [1.807, 2.05) is 30.5 Å². The summed E-state index contributed by atoms with van der Waals surface area (Å²) in [6.07, 6.45) is 2.02. The summed E-state index contributed by atoms with van der Waals surface area (Å²) in [6.45, 7) is 0.272. The van der Waals surface area contributed by atoms with E-state index in [1.165, 1.54) is 4.90 Å². The van der Waals surface area contributed by atoms with E-state index in [0.717, 1.165) is 5.56 Å². The molecule has 0 atom stereocenters. The topological polar surface area (TPSA) is 29.4 Å². The minimum Gasteiger partial charge on any atom is -0.150 e. The van der Waals surface area contributed by atoms with Gasteiger partial charge in [0.1, 0.15) is 6.54 Å². The molecular formula is C8H9NOS. The zero-order valence-electron chi connectivity index (χ0n) is 6.28. The Morgan fingerprint density at radius 2 is 2.00 bits per heavy atom. The molecule has 0 fully saturated rings. The first kappa shape index (κ1) is 8.27. The summed E-state index contributed by atoms with van der Waals surface area (Å²) in [5.74, 6) is 0. The van der Waals surface area contributed by atoms with Crippen LogP contribution in [0.2, 0.25) is 0 Å². The summed E-state index contributed by atoms with van der Waals surface area (Å²) < 4.78 is 0. The van der Waals surface area contributed by atoms with Crippen molar-refractivity contribution in [1.29, 1.82) is 0 Å². The van der Waals surface area contributed by atoms with Crippen LogP contribution in [-0.4, -0.2) is 6.26 Å². The lowest BCUT2D eigenvalue weighted by Gasteiger charge is -1.96. The highest BCUT2D eigenvalue weighted by Gasteiger charge is 1.91. The molecule has 1 aromatic carbocycles. The molecule has 58 valence electrons. The molecule has 0 saturated carbocycles. The van der Waals surface area contributed by atoms with Crippen molar-refractivity contribution in [2.45, 2.75) is 11.4 Å². The van der Waals surface area contributed by atoms with Crippen molar-refractivity contribution in [2.75, 3.05) is 6.26 Å². The minimum absolute atomic E-state index is 0.272. The molecule has 0 heterocycles. The third-order valence-corrected chi connectivity index (χ3v) is 2.15. The third kappa shape index (κ3) is 2.35. The zero-order valence-corrected chi connectivity index (χ0v) is 7.10. The molecule has 1 aromatic rings. The lowest BCUT2D eigenvalue weighted by atomic mass is 10.2. The van der Waals surface area contributed by atoms with Gasteiger partial charge in [0.2, 0.25) is 0 Å². The number of hydrogen-bond acceptors (Lipinski definition) is 3. The van der Waals surface area contributed by atoms with Crippen molar-refractivity contribution >= 4 is 11.8 Å². The van der Waals surface area contributed by atoms with Crippen molar-refractivity contribution < 1.29 is 0 Å². The van der Waals surface area contributed by atoms with Gasteiger partial charge < -0.3 is 0 Å². The van der Waals surface area contributed by atoms with Gasteiger partial charge in [-0.15, -0.1) is 11.8 Å². The van der Waals surface area contributed by atoms with Crippen LogP contribution in [0.25, 0.3) is 0 Å². The van der Waals surface area contributed by atoms with Crippen LogP contribution in [0.4, 0.5) is 0 Å². The molecule has 0 aliphatic heterocycles. The molecule has 0 unspecified atom stereocenters. The van der Waals surface area contributed by atoms with Crippen LogP contribution >= 0.6 is 11.8 Å². The van der Waals surface area contributed by atoms with Crippen LogP contribution in [0.5, 0.6) is 0 Å². The van der Waals surface area contributed by atoms with Gasteiger partial charge in [0.05, 0.1) is 0 Å². The van der Waals surface area contributed by atoms with Crippen molar-refractivity contribution in [3.63, 3.8) is 0 Å². The third-order valence-electron chi connectivity index (χ3n) is 1.41. The van der Waals surface area contributed by atoms with E-state index in [0.29, 0.717) is 0 Å². The summed E-state index contributed by atoms with van der Waals surface area (Å²) in [4.78, 5) is 11.1. The Labute approximate surface area is 70.0 Å². The number of thioether (sulfide) groups is 1. The number of benzene rings is 1. The maximum absolute atomic E-state index is 9.87. The normalized spacial score (nSPS) is 9.55. The van der Waals surface area contributed by atoms with Gasteiger partial charge in [0.15, 0.2) is 0 Å². The molecular weight excluding hydrogens is 158 g/mol. The average Bonchev–Trinajstić information content (AvgIpc) is 2.07. The van der Waals surface area contributed by atoms with Gasteiger partial charge >= 0.3 is 0 Å². The Bertz CT molecular complexity index is 232. The lowest BCUT2D eigenvalue weighted by Crippen LogP contribution is -1.78. The first-order valence-corrected chi connectivity index (χ1v) is 4.51. The molecule has 0 spiro atoms. The number of hydrogen-bond donors (Lipinski definition) is 0. The molecule has 2 nitrogen and oxygen atoms in total. The van der Waals surface area contributed by atoms with Gasteiger partial charge in [0.25, 0.3) is 0 Å². The predicted molar refractivity (Wildman–Crippen MR) is 47.7 cm³/mol. The zero-order chi connectivity index (χ0) is 8.10. The first-order valence-electron chi connectivity index (χ1n) is 3.29. The molecule has 0 saturated heterocycles. The second-order valence-corrected chi connectivity index (χ2v) is 3.01. The van der Waals surface area contributed by atoms with Gasteiger partial charge in [0, 0.05) is 4.90 Å². The molecule has 0 aromatic heterocycles. The van der Waals surface area contributed by atoms with Crippen molar-refractivity contribution in [2.24, 2.45) is 5.18 Å².